The molecule has 2 nitrogen and oxygen atoms in total. The van der Waals surface area contributed by atoms with Gasteiger partial charge in [-0.3, -0.25) is 0 Å². The molecule has 2 aromatic heterocycles. The highest BCUT2D eigenvalue weighted by Crippen LogP contribution is 2.51. The lowest BCUT2D eigenvalue weighted by Gasteiger charge is -2.43. The first-order valence-corrected chi connectivity index (χ1v) is 17.1. The van der Waals surface area contributed by atoms with Gasteiger partial charge in [-0.25, -0.2) is 0 Å². The van der Waals surface area contributed by atoms with Crippen molar-refractivity contribution in [3.63, 3.8) is 0 Å². The summed E-state index contributed by atoms with van der Waals surface area (Å²) >= 11 is 1.90. The molecule has 0 aliphatic carbocycles. The van der Waals surface area contributed by atoms with Crippen LogP contribution in [0.5, 0.6) is 0 Å². The van der Waals surface area contributed by atoms with E-state index in [1.807, 2.05) is 11.3 Å². The zero-order valence-electron chi connectivity index (χ0n) is 25.7. The molecule has 4 heterocycles. The van der Waals surface area contributed by atoms with Gasteiger partial charge in [-0.1, -0.05) is 103 Å². The zero-order chi connectivity index (χ0) is 30.8. The third kappa shape index (κ3) is 3.30. The van der Waals surface area contributed by atoms with E-state index < -0.39 is 0 Å². The predicted molar refractivity (Wildman–Crippen MR) is 203 cm³/mol. The first-order valence-electron chi connectivity index (χ1n) is 16.3. The van der Waals surface area contributed by atoms with Crippen molar-refractivity contribution in [2.45, 2.75) is 6.92 Å². The summed E-state index contributed by atoms with van der Waals surface area (Å²) in [6.45, 7) is 2.27. The van der Waals surface area contributed by atoms with Crippen LogP contribution in [0.25, 0.3) is 69.9 Å². The molecule has 0 saturated carbocycles. The molecule has 0 unspecified atom stereocenters. The van der Waals surface area contributed by atoms with Crippen LogP contribution >= 0.6 is 11.3 Å². The normalized spacial score (nSPS) is 13.1. The highest BCUT2D eigenvalue weighted by atomic mass is 32.1. The smallest absolute Gasteiger partial charge is 0.333 e. The number of anilines is 2. The maximum atomic E-state index is 2.65. The number of aryl methyl sites for hydroxylation is 1. The molecule has 0 radical (unpaired) electrons. The highest BCUT2D eigenvalue weighted by molar-refractivity contribution is 7.26. The molecule has 47 heavy (non-hydrogen) atoms. The second-order valence-electron chi connectivity index (χ2n) is 12.9. The van der Waals surface area contributed by atoms with Crippen molar-refractivity contribution in [1.29, 1.82) is 0 Å². The van der Waals surface area contributed by atoms with Crippen LogP contribution in [-0.2, 0) is 0 Å². The molecule has 0 atom stereocenters. The van der Waals surface area contributed by atoms with Crippen molar-refractivity contribution < 1.29 is 0 Å². The average Bonchev–Trinajstić information content (AvgIpc) is 3.67. The Labute approximate surface area is 276 Å². The van der Waals surface area contributed by atoms with Crippen molar-refractivity contribution >= 4 is 82.5 Å². The molecule has 2 aliphatic rings. The molecule has 218 valence electrons. The second kappa shape index (κ2) is 9.25. The van der Waals surface area contributed by atoms with Gasteiger partial charge in [0.15, 0.2) is 0 Å². The Morgan fingerprint density at radius 1 is 0.553 bits per heavy atom. The van der Waals surface area contributed by atoms with Crippen LogP contribution in [0.15, 0.2) is 146 Å². The van der Waals surface area contributed by atoms with Crippen LogP contribution in [0.3, 0.4) is 0 Å². The van der Waals surface area contributed by atoms with Crippen molar-refractivity contribution in [3.05, 3.63) is 151 Å². The Hall–Kier alpha value is -5.58. The number of para-hydroxylation sites is 3. The molecule has 0 fully saturated rings. The van der Waals surface area contributed by atoms with E-state index in [1.165, 1.54) is 97.8 Å². The number of hydrogen-bond donors (Lipinski definition) is 0. The third-order valence-electron chi connectivity index (χ3n) is 10.5. The molecule has 0 N–H and O–H groups in total. The lowest BCUT2D eigenvalue weighted by molar-refractivity contribution is 1.18. The second-order valence-corrected chi connectivity index (χ2v) is 14.0. The molecular formula is C43H27BN2S. The van der Waals surface area contributed by atoms with E-state index in [2.05, 4.69) is 162 Å². The van der Waals surface area contributed by atoms with Gasteiger partial charge in [-0.2, -0.15) is 0 Å². The molecule has 0 saturated heterocycles. The van der Waals surface area contributed by atoms with Gasteiger partial charge in [0.05, 0.1) is 11.0 Å². The molecule has 11 rings (SSSR count). The van der Waals surface area contributed by atoms with E-state index in [0.717, 1.165) is 0 Å². The van der Waals surface area contributed by atoms with E-state index in [9.17, 15) is 0 Å². The molecule has 7 aromatic carbocycles. The van der Waals surface area contributed by atoms with E-state index in [-0.39, 0.29) is 6.85 Å². The van der Waals surface area contributed by atoms with Crippen molar-refractivity contribution in [1.82, 2.24) is 4.57 Å². The lowest BCUT2D eigenvalue weighted by atomic mass is 9.43. The molecule has 9 aromatic rings. The predicted octanol–water partition coefficient (Wildman–Crippen LogP) is 10.4. The molecule has 2 aliphatic heterocycles. The third-order valence-corrected chi connectivity index (χ3v) is 11.6. The van der Waals surface area contributed by atoms with Gasteiger partial charge in [0.1, 0.15) is 0 Å². The quantitative estimate of drug-likeness (QED) is 0.176. The number of aromatic nitrogens is 1. The monoisotopic (exact) mass is 614 g/mol. The van der Waals surface area contributed by atoms with Gasteiger partial charge < -0.3 is 9.38 Å². The van der Waals surface area contributed by atoms with Gasteiger partial charge in [-0.15, -0.1) is 11.3 Å². The number of nitrogens with zero attached hydrogens (tertiary/aromatic N) is 2. The van der Waals surface area contributed by atoms with Crippen LogP contribution in [0.1, 0.15) is 5.56 Å². The number of hydrogen-bond acceptors (Lipinski definition) is 2. The van der Waals surface area contributed by atoms with Crippen molar-refractivity contribution in [2.24, 2.45) is 0 Å². The van der Waals surface area contributed by atoms with Crippen LogP contribution in [0.2, 0.25) is 0 Å². The highest BCUT2D eigenvalue weighted by Gasteiger charge is 2.44. The molecule has 0 bridgehead atoms. The van der Waals surface area contributed by atoms with Crippen LogP contribution in [0, 0.1) is 6.92 Å². The standard InChI is InChI=1S/C43H27BN2S/c1-26-12-5-8-19-34(26)46-36-22-23-39-41(31-16-7-10-21-38(31)47-39)40(36)32-24-28(27-13-3-2-4-14-27)25-37-42(32)44(46)33-18-11-17-30-29-15-6-9-20-35(29)45(37)43(30)33/h2-25H,1H3. The Kier molecular flexibility index (Phi) is 5.04. The first-order chi connectivity index (χ1) is 23.3. The van der Waals surface area contributed by atoms with Gasteiger partial charge in [0, 0.05) is 53.6 Å². The summed E-state index contributed by atoms with van der Waals surface area (Å²) in [6, 6.07) is 54.3. The van der Waals surface area contributed by atoms with E-state index >= 15 is 0 Å². The topological polar surface area (TPSA) is 8.17 Å². The SMILES string of the molecule is Cc1ccccc1N1B2c3c(cc(-c4ccccc4)cc3-n3c4ccccc4c4cccc2c43)-c2c1ccc1sc3ccccc3c21. The van der Waals surface area contributed by atoms with Crippen LogP contribution < -0.4 is 15.7 Å². The summed E-state index contributed by atoms with van der Waals surface area (Å²) < 4.78 is 5.23. The minimum absolute atomic E-state index is 0.0151. The number of thiophene rings is 1. The van der Waals surface area contributed by atoms with Gasteiger partial charge in [0.2, 0.25) is 0 Å². The van der Waals surface area contributed by atoms with Crippen molar-refractivity contribution in [2.75, 3.05) is 4.81 Å². The summed E-state index contributed by atoms with van der Waals surface area (Å²) in [5, 5.41) is 5.29. The largest absolute Gasteiger partial charge is 0.376 e. The summed E-state index contributed by atoms with van der Waals surface area (Å²) in [5.41, 5.74) is 15.5. The van der Waals surface area contributed by atoms with Gasteiger partial charge >= 0.3 is 6.85 Å². The lowest BCUT2D eigenvalue weighted by Crippen LogP contribution is -2.60. The zero-order valence-corrected chi connectivity index (χ0v) is 26.6. The maximum absolute atomic E-state index is 2.65. The Morgan fingerprint density at radius 3 is 2.21 bits per heavy atom. The summed E-state index contributed by atoms with van der Waals surface area (Å²) in [7, 11) is 0. The Bertz CT molecular complexity index is 2770. The summed E-state index contributed by atoms with van der Waals surface area (Å²) in [4.78, 5) is 2.65. The molecule has 0 spiro atoms. The number of benzene rings is 7. The molecule has 0 amide bonds. The minimum Gasteiger partial charge on any atom is -0.376 e. The summed E-state index contributed by atoms with van der Waals surface area (Å²) in [6.07, 6.45) is 0. The number of rotatable bonds is 2. The average molecular weight is 615 g/mol. The van der Waals surface area contributed by atoms with Crippen LogP contribution in [-0.4, -0.2) is 11.4 Å². The minimum atomic E-state index is 0.0151. The number of fused-ring (bicyclic) bond motifs is 11. The Morgan fingerprint density at radius 2 is 1.32 bits per heavy atom. The van der Waals surface area contributed by atoms with Gasteiger partial charge in [-0.05, 0) is 82.6 Å². The van der Waals surface area contributed by atoms with Crippen LogP contribution in [0.4, 0.5) is 11.4 Å². The fourth-order valence-corrected chi connectivity index (χ4v) is 9.69. The molecule has 4 heteroatoms. The van der Waals surface area contributed by atoms with E-state index in [1.54, 1.807) is 0 Å². The summed E-state index contributed by atoms with van der Waals surface area (Å²) in [5.74, 6) is 0. The fraction of sp³-hybridized carbons (Fsp3) is 0.0233. The van der Waals surface area contributed by atoms with Crippen molar-refractivity contribution in [3.8, 4) is 27.9 Å². The van der Waals surface area contributed by atoms with E-state index in [0.29, 0.717) is 0 Å². The first kappa shape index (κ1) is 25.6. The Balaban J connectivity index is 1.39. The van der Waals surface area contributed by atoms with E-state index in [4.69, 9.17) is 0 Å². The fourth-order valence-electron chi connectivity index (χ4n) is 8.57. The molecular weight excluding hydrogens is 587 g/mol. The van der Waals surface area contributed by atoms with Gasteiger partial charge in [0.25, 0.3) is 0 Å². The maximum Gasteiger partial charge on any atom is 0.333 e.